The lowest BCUT2D eigenvalue weighted by Gasteiger charge is -2.39. The van der Waals surface area contributed by atoms with Crippen molar-refractivity contribution in [3.63, 3.8) is 0 Å². The summed E-state index contributed by atoms with van der Waals surface area (Å²) in [6.45, 7) is 4.26. The first kappa shape index (κ1) is 25.0. The maximum atomic E-state index is 13.1. The minimum atomic E-state index is -0.656. The Kier molecular flexibility index (Phi) is 9.11. The summed E-state index contributed by atoms with van der Waals surface area (Å²) < 4.78 is 10.8. The Hall–Kier alpha value is -2.61. The van der Waals surface area contributed by atoms with E-state index in [9.17, 15) is 14.4 Å². The molecular formula is C25H37N3O5. The van der Waals surface area contributed by atoms with Crippen LogP contribution in [0.1, 0.15) is 63.9 Å². The van der Waals surface area contributed by atoms with Gasteiger partial charge in [-0.05, 0) is 43.4 Å². The molecule has 1 aromatic rings. The summed E-state index contributed by atoms with van der Waals surface area (Å²) in [7, 11) is 1.62. The standard InChI is InChI=1S/C25H37N3O5/c1-3-4-5-6-15-26-22(29)12-11-21-23(30)28(24(31)27-21)18-25(13-16-33-17-14-25)19-7-9-20(32-2)10-8-19/h7-10,21H,3-6,11-18H2,1-2H3,(H,26,29)(H,27,31)/t21-/m1/s1. The third-order valence-electron chi connectivity index (χ3n) is 6.73. The molecule has 1 atom stereocenters. The Labute approximate surface area is 196 Å². The van der Waals surface area contributed by atoms with Crippen molar-refractivity contribution in [1.29, 1.82) is 0 Å². The minimum absolute atomic E-state index is 0.0777. The van der Waals surface area contributed by atoms with E-state index in [1.54, 1.807) is 7.11 Å². The van der Waals surface area contributed by atoms with Crippen LogP contribution in [0, 0.1) is 0 Å². The number of nitrogens with one attached hydrogen (secondary N) is 2. The zero-order valence-corrected chi connectivity index (χ0v) is 19.9. The van der Waals surface area contributed by atoms with Gasteiger partial charge >= 0.3 is 6.03 Å². The molecule has 8 heteroatoms. The number of carbonyl (C=O) groups is 3. The van der Waals surface area contributed by atoms with E-state index in [-0.39, 0.29) is 29.7 Å². The van der Waals surface area contributed by atoms with E-state index in [4.69, 9.17) is 9.47 Å². The van der Waals surface area contributed by atoms with Crippen LogP contribution in [-0.2, 0) is 19.7 Å². The van der Waals surface area contributed by atoms with Gasteiger partial charge in [0, 0.05) is 38.1 Å². The van der Waals surface area contributed by atoms with E-state index in [2.05, 4.69) is 17.6 Å². The van der Waals surface area contributed by atoms with Gasteiger partial charge in [-0.15, -0.1) is 0 Å². The smallest absolute Gasteiger partial charge is 0.324 e. The number of nitrogens with zero attached hydrogens (tertiary/aromatic N) is 1. The fraction of sp³-hybridized carbons (Fsp3) is 0.640. The van der Waals surface area contributed by atoms with Gasteiger partial charge in [-0.1, -0.05) is 38.3 Å². The molecule has 2 aliphatic rings. The van der Waals surface area contributed by atoms with Crippen LogP contribution in [0.4, 0.5) is 4.79 Å². The molecule has 2 N–H and O–H groups in total. The van der Waals surface area contributed by atoms with Crippen LogP contribution in [-0.4, -0.2) is 62.2 Å². The van der Waals surface area contributed by atoms with Crippen LogP contribution in [0.2, 0.25) is 0 Å². The molecule has 0 radical (unpaired) electrons. The average molecular weight is 460 g/mol. The van der Waals surface area contributed by atoms with Gasteiger partial charge in [0.05, 0.1) is 7.11 Å². The lowest BCUT2D eigenvalue weighted by Crippen LogP contribution is -2.47. The maximum Gasteiger partial charge on any atom is 0.324 e. The van der Waals surface area contributed by atoms with Crippen molar-refractivity contribution >= 4 is 17.8 Å². The number of amides is 4. The van der Waals surface area contributed by atoms with Crippen LogP contribution in [0.25, 0.3) is 0 Å². The van der Waals surface area contributed by atoms with E-state index in [1.165, 1.54) is 11.3 Å². The number of carbonyl (C=O) groups excluding carboxylic acids is 3. The summed E-state index contributed by atoms with van der Waals surface area (Å²) in [6.07, 6.45) is 6.35. The number of benzene rings is 1. The predicted molar refractivity (Wildman–Crippen MR) is 125 cm³/mol. The van der Waals surface area contributed by atoms with Crippen LogP contribution < -0.4 is 15.4 Å². The second kappa shape index (κ2) is 12.0. The Morgan fingerprint density at radius 2 is 1.91 bits per heavy atom. The first-order valence-electron chi connectivity index (χ1n) is 12.1. The van der Waals surface area contributed by atoms with Crippen LogP contribution in [0.15, 0.2) is 24.3 Å². The van der Waals surface area contributed by atoms with Crippen molar-refractivity contribution in [1.82, 2.24) is 15.5 Å². The average Bonchev–Trinajstić information content (AvgIpc) is 3.10. The number of urea groups is 1. The summed E-state index contributed by atoms with van der Waals surface area (Å²) in [6, 6.07) is 6.78. The second-order valence-corrected chi connectivity index (χ2v) is 9.00. The maximum absolute atomic E-state index is 13.1. The Morgan fingerprint density at radius 3 is 2.58 bits per heavy atom. The molecule has 2 heterocycles. The van der Waals surface area contributed by atoms with Gasteiger partial charge < -0.3 is 20.1 Å². The number of hydrogen-bond acceptors (Lipinski definition) is 5. The number of ether oxygens (including phenoxy) is 2. The minimum Gasteiger partial charge on any atom is -0.497 e. The summed E-state index contributed by atoms with van der Waals surface area (Å²) in [5, 5.41) is 5.68. The number of methoxy groups -OCH3 is 1. The quantitative estimate of drug-likeness (QED) is 0.370. The zero-order valence-electron chi connectivity index (χ0n) is 19.9. The van der Waals surface area contributed by atoms with Gasteiger partial charge in [0.1, 0.15) is 11.8 Å². The van der Waals surface area contributed by atoms with E-state index in [0.29, 0.717) is 32.7 Å². The zero-order chi connectivity index (χ0) is 23.7. The Balaban J connectivity index is 1.58. The summed E-state index contributed by atoms with van der Waals surface area (Å²) in [5.74, 6) is 0.431. The highest BCUT2D eigenvalue weighted by Crippen LogP contribution is 2.37. The molecule has 0 bridgehead atoms. The van der Waals surface area contributed by atoms with Gasteiger partial charge in [-0.25, -0.2) is 4.79 Å². The van der Waals surface area contributed by atoms with Crippen molar-refractivity contribution in [2.24, 2.45) is 0 Å². The Morgan fingerprint density at radius 1 is 1.18 bits per heavy atom. The van der Waals surface area contributed by atoms with Gasteiger partial charge in [-0.3, -0.25) is 14.5 Å². The first-order valence-corrected chi connectivity index (χ1v) is 12.1. The molecule has 1 aromatic carbocycles. The van der Waals surface area contributed by atoms with Crippen LogP contribution in [0.3, 0.4) is 0 Å². The molecule has 0 aliphatic carbocycles. The van der Waals surface area contributed by atoms with E-state index < -0.39 is 6.04 Å². The van der Waals surface area contributed by atoms with Crippen molar-refractivity contribution in [2.75, 3.05) is 33.4 Å². The molecule has 2 fully saturated rings. The van der Waals surface area contributed by atoms with Crippen LogP contribution >= 0.6 is 0 Å². The van der Waals surface area contributed by atoms with Gasteiger partial charge in [0.2, 0.25) is 5.91 Å². The lowest BCUT2D eigenvalue weighted by molar-refractivity contribution is -0.129. The molecule has 0 spiro atoms. The van der Waals surface area contributed by atoms with Gasteiger partial charge in [0.25, 0.3) is 5.91 Å². The van der Waals surface area contributed by atoms with Gasteiger partial charge in [-0.2, -0.15) is 0 Å². The predicted octanol–water partition coefficient (Wildman–Crippen LogP) is 3.14. The highest BCUT2D eigenvalue weighted by molar-refractivity contribution is 6.04. The van der Waals surface area contributed by atoms with Crippen molar-refractivity contribution in [3.8, 4) is 5.75 Å². The summed E-state index contributed by atoms with van der Waals surface area (Å²) >= 11 is 0. The highest BCUT2D eigenvalue weighted by Gasteiger charge is 2.44. The molecule has 0 unspecified atom stereocenters. The third kappa shape index (κ3) is 6.47. The van der Waals surface area contributed by atoms with Crippen molar-refractivity contribution < 1.29 is 23.9 Å². The van der Waals surface area contributed by atoms with Crippen molar-refractivity contribution in [2.45, 2.75) is 69.7 Å². The fourth-order valence-corrected chi connectivity index (χ4v) is 4.61. The first-order chi connectivity index (χ1) is 16.0. The molecule has 0 aromatic heterocycles. The summed E-state index contributed by atoms with van der Waals surface area (Å²) in [4.78, 5) is 39.2. The Bertz CT molecular complexity index is 805. The molecule has 8 nitrogen and oxygen atoms in total. The molecular weight excluding hydrogens is 422 g/mol. The molecule has 182 valence electrons. The van der Waals surface area contributed by atoms with Gasteiger partial charge in [0.15, 0.2) is 0 Å². The summed E-state index contributed by atoms with van der Waals surface area (Å²) in [5.41, 5.74) is 0.709. The van der Waals surface area contributed by atoms with E-state index in [0.717, 1.165) is 43.4 Å². The molecule has 2 saturated heterocycles. The van der Waals surface area contributed by atoms with Crippen LogP contribution in [0.5, 0.6) is 5.75 Å². The monoisotopic (exact) mass is 459 g/mol. The normalized spacial score (nSPS) is 19.9. The largest absolute Gasteiger partial charge is 0.497 e. The third-order valence-corrected chi connectivity index (χ3v) is 6.73. The molecule has 2 aliphatic heterocycles. The molecule has 4 amide bonds. The van der Waals surface area contributed by atoms with E-state index >= 15 is 0 Å². The number of hydrogen-bond donors (Lipinski definition) is 2. The lowest BCUT2D eigenvalue weighted by atomic mass is 9.73. The molecule has 0 saturated carbocycles. The SMILES string of the molecule is CCCCCCNC(=O)CC[C@H]1NC(=O)N(CC2(c3ccc(OC)cc3)CCOCC2)C1=O. The number of rotatable bonds is 12. The number of unbranched alkanes of at least 4 members (excludes halogenated alkanes) is 3. The fourth-order valence-electron chi connectivity index (χ4n) is 4.61. The van der Waals surface area contributed by atoms with E-state index in [1.807, 2.05) is 24.3 Å². The molecule has 3 rings (SSSR count). The molecule has 33 heavy (non-hydrogen) atoms. The second-order valence-electron chi connectivity index (χ2n) is 9.00. The highest BCUT2D eigenvalue weighted by atomic mass is 16.5. The van der Waals surface area contributed by atoms with Crippen molar-refractivity contribution in [3.05, 3.63) is 29.8 Å². The topological polar surface area (TPSA) is 97.0 Å². The number of imide groups is 1.